The molecule has 0 aromatic heterocycles. The summed E-state index contributed by atoms with van der Waals surface area (Å²) in [5.74, 6) is 0.0166. The van der Waals surface area contributed by atoms with Gasteiger partial charge in [-0.05, 0) is 31.6 Å². The predicted octanol–water partition coefficient (Wildman–Crippen LogP) is -0.105. The van der Waals surface area contributed by atoms with Crippen LogP contribution in [-0.4, -0.2) is 114 Å². The molecule has 3 aliphatic heterocycles. The second-order valence-corrected chi connectivity index (χ2v) is 8.38. The van der Waals surface area contributed by atoms with Gasteiger partial charge in [0.05, 0.1) is 13.1 Å². The van der Waals surface area contributed by atoms with Crippen molar-refractivity contribution in [2.24, 2.45) is 11.7 Å². The van der Waals surface area contributed by atoms with Crippen LogP contribution >= 0.6 is 0 Å². The van der Waals surface area contributed by atoms with Gasteiger partial charge in [0, 0.05) is 52.4 Å². The maximum atomic E-state index is 12.2. The fourth-order valence-electron chi connectivity index (χ4n) is 4.49. The van der Waals surface area contributed by atoms with Gasteiger partial charge in [0.25, 0.3) is 0 Å². The van der Waals surface area contributed by atoms with Crippen molar-refractivity contribution >= 4 is 18.0 Å². The van der Waals surface area contributed by atoms with Gasteiger partial charge in [0.1, 0.15) is 6.10 Å². The molecular formula is C19H34N6O4. The Hall–Kier alpha value is -2.07. The SMILES string of the molecule is N=C(N)N1CCC(CCCN2CC(CN3CCN(CC(=O)O)CC3)OC2=O)CC1. The molecule has 4 N–H and O–H groups in total. The maximum Gasteiger partial charge on any atom is 0.410 e. The van der Waals surface area contributed by atoms with Gasteiger partial charge < -0.3 is 25.4 Å². The van der Waals surface area contributed by atoms with E-state index in [9.17, 15) is 9.59 Å². The number of hydrogen-bond donors (Lipinski definition) is 3. The van der Waals surface area contributed by atoms with Crippen LogP contribution in [0.1, 0.15) is 25.7 Å². The number of cyclic esters (lactones) is 1. The van der Waals surface area contributed by atoms with E-state index < -0.39 is 5.97 Å². The van der Waals surface area contributed by atoms with E-state index >= 15 is 0 Å². The normalized spacial score (nSPS) is 24.7. The topological polar surface area (TPSA) is 126 Å². The Kier molecular flexibility index (Phi) is 7.54. The van der Waals surface area contributed by atoms with Crippen LogP contribution in [0.3, 0.4) is 0 Å². The lowest BCUT2D eigenvalue weighted by Gasteiger charge is -2.34. The minimum atomic E-state index is -0.789. The van der Waals surface area contributed by atoms with Crippen LogP contribution in [0, 0.1) is 11.3 Å². The number of likely N-dealkylation sites (tertiary alicyclic amines) is 1. The summed E-state index contributed by atoms with van der Waals surface area (Å²) in [6, 6.07) is 0. The fraction of sp³-hybridized carbons (Fsp3) is 0.842. The first-order valence-electron chi connectivity index (χ1n) is 10.6. The highest BCUT2D eigenvalue weighted by molar-refractivity contribution is 5.74. The molecule has 10 nitrogen and oxygen atoms in total. The van der Waals surface area contributed by atoms with E-state index in [4.69, 9.17) is 21.0 Å². The Bertz CT molecular complexity index is 587. The van der Waals surface area contributed by atoms with Crippen molar-refractivity contribution in [3.05, 3.63) is 0 Å². The van der Waals surface area contributed by atoms with E-state index in [-0.39, 0.29) is 24.7 Å². The molecule has 1 unspecified atom stereocenters. The molecule has 0 radical (unpaired) electrons. The second kappa shape index (κ2) is 10.1. The van der Waals surface area contributed by atoms with Gasteiger partial charge in [-0.15, -0.1) is 0 Å². The maximum absolute atomic E-state index is 12.2. The van der Waals surface area contributed by atoms with E-state index in [0.717, 1.165) is 71.5 Å². The number of carboxylic acid groups (broad SMARTS) is 1. The Morgan fingerprint density at radius 3 is 2.41 bits per heavy atom. The Balaban J connectivity index is 1.30. The Morgan fingerprint density at radius 1 is 1.14 bits per heavy atom. The number of amides is 1. The minimum absolute atomic E-state index is 0.0911. The summed E-state index contributed by atoms with van der Waals surface area (Å²) in [6.07, 6.45) is 3.85. The number of carbonyl (C=O) groups excluding carboxylic acids is 1. The molecule has 29 heavy (non-hydrogen) atoms. The summed E-state index contributed by atoms with van der Waals surface area (Å²) >= 11 is 0. The standard InChI is InChI=1S/C19H34N6O4/c20-18(21)24-6-3-15(4-7-24)2-1-5-25-13-16(29-19(25)28)12-22-8-10-23(11-9-22)14-17(26)27/h15-16H,1-14H2,(H3,20,21)(H,26,27). The molecular weight excluding hydrogens is 376 g/mol. The summed E-state index contributed by atoms with van der Waals surface area (Å²) in [5.41, 5.74) is 5.54. The lowest BCUT2D eigenvalue weighted by atomic mass is 9.92. The molecule has 3 aliphatic rings. The van der Waals surface area contributed by atoms with Crippen LogP contribution in [0.15, 0.2) is 0 Å². The number of nitrogens with one attached hydrogen (secondary N) is 1. The van der Waals surface area contributed by atoms with E-state index in [2.05, 4.69) is 4.90 Å². The smallest absolute Gasteiger partial charge is 0.410 e. The third-order valence-corrected chi connectivity index (χ3v) is 6.23. The van der Waals surface area contributed by atoms with Crippen LogP contribution in [0.25, 0.3) is 0 Å². The average molecular weight is 411 g/mol. The number of nitrogens with two attached hydrogens (primary N) is 1. The lowest BCUT2D eigenvalue weighted by Crippen LogP contribution is -2.50. The van der Waals surface area contributed by atoms with Crippen molar-refractivity contribution in [1.82, 2.24) is 19.6 Å². The number of guanidine groups is 1. The third kappa shape index (κ3) is 6.46. The first-order chi connectivity index (χ1) is 13.9. The number of nitrogens with zero attached hydrogens (tertiary/aromatic N) is 4. The molecule has 164 valence electrons. The first-order valence-corrected chi connectivity index (χ1v) is 10.6. The van der Waals surface area contributed by atoms with E-state index in [1.54, 1.807) is 0 Å². The van der Waals surface area contributed by atoms with Crippen molar-refractivity contribution in [2.75, 3.05) is 65.4 Å². The number of rotatable bonds is 8. The largest absolute Gasteiger partial charge is 0.480 e. The van der Waals surface area contributed by atoms with Crippen molar-refractivity contribution in [1.29, 1.82) is 5.41 Å². The number of ether oxygens (including phenoxy) is 1. The fourth-order valence-corrected chi connectivity index (χ4v) is 4.49. The molecule has 0 saturated carbocycles. The molecule has 0 aromatic rings. The Labute approximate surface area is 172 Å². The van der Waals surface area contributed by atoms with Crippen molar-refractivity contribution < 1.29 is 19.4 Å². The van der Waals surface area contributed by atoms with Crippen LogP contribution in [-0.2, 0) is 9.53 Å². The van der Waals surface area contributed by atoms with Crippen LogP contribution < -0.4 is 5.73 Å². The molecule has 3 heterocycles. The molecule has 0 bridgehead atoms. The molecule has 3 fully saturated rings. The highest BCUT2D eigenvalue weighted by Crippen LogP contribution is 2.22. The quantitative estimate of drug-likeness (QED) is 0.374. The molecule has 0 aromatic carbocycles. The van der Waals surface area contributed by atoms with Gasteiger partial charge in [-0.25, -0.2) is 4.79 Å². The first kappa shape index (κ1) is 21.6. The van der Waals surface area contributed by atoms with Gasteiger partial charge in [0.2, 0.25) is 0 Å². The van der Waals surface area contributed by atoms with Crippen LogP contribution in [0.5, 0.6) is 0 Å². The molecule has 0 spiro atoms. The number of piperidine rings is 1. The Morgan fingerprint density at radius 2 is 1.79 bits per heavy atom. The summed E-state index contributed by atoms with van der Waals surface area (Å²) in [5, 5.41) is 16.4. The minimum Gasteiger partial charge on any atom is -0.480 e. The second-order valence-electron chi connectivity index (χ2n) is 8.38. The van der Waals surface area contributed by atoms with Crippen molar-refractivity contribution in [3.8, 4) is 0 Å². The van der Waals surface area contributed by atoms with Gasteiger partial charge in [-0.3, -0.25) is 20.0 Å². The highest BCUT2D eigenvalue weighted by atomic mass is 16.6. The number of piperazine rings is 1. The average Bonchev–Trinajstić information content (AvgIpc) is 3.02. The van der Waals surface area contributed by atoms with E-state index in [1.165, 1.54) is 0 Å². The molecule has 1 amide bonds. The summed E-state index contributed by atoms with van der Waals surface area (Å²) in [7, 11) is 0. The molecule has 10 heteroatoms. The van der Waals surface area contributed by atoms with Crippen LogP contribution in [0.4, 0.5) is 4.79 Å². The number of aliphatic carboxylic acids is 1. The van der Waals surface area contributed by atoms with Crippen LogP contribution in [0.2, 0.25) is 0 Å². The van der Waals surface area contributed by atoms with E-state index in [1.807, 2.05) is 14.7 Å². The van der Waals surface area contributed by atoms with Gasteiger partial charge in [-0.1, -0.05) is 0 Å². The highest BCUT2D eigenvalue weighted by Gasteiger charge is 2.33. The summed E-state index contributed by atoms with van der Waals surface area (Å²) in [4.78, 5) is 30.9. The zero-order valence-electron chi connectivity index (χ0n) is 17.1. The molecule has 3 saturated heterocycles. The summed E-state index contributed by atoms with van der Waals surface area (Å²) < 4.78 is 5.54. The number of hydrogen-bond acceptors (Lipinski definition) is 6. The summed E-state index contributed by atoms with van der Waals surface area (Å²) in [6.45, 7) is 6.96. The number of carboxylic acids is 1. The van der Waals surface area contributed by atoms with Gasteiger partial charge >= 0.3 is 12.1 Å². The third-order valence-electron chi connectivity index (χ3n) is 6.23. The number of carbonyl (C=O) groups is 2. The molecule has 1 atom stereocenters. The van der Waals surface area contributed by atoms with Crippen molar-refractivity contribution in [2.45, 2.75) is 31.8 Å². The van der Waals surface area contributed by atoms with E-state index in [0.29, 0.717) is 19.0 Å². The lowest BCUT2D eigenvalue weighted by molar-refractivity contribution is -0.138. The predicted molar refractivity (Wildman–Crippen MR) is 108 cm³/mol. The zero-order valence-corrected chi connectivity index (χ0v) is 17.1. The molecule has 3 rings (SSSR count). The van der Waals surface area contributed by atoms with Gasteiger partial charge in [0.15, 0.2) is 5.96 Å². The zero-order chi connectivity index (χ0) is 20.8. The molecule has 0 aliphatic carbocycles. The monoisotopic (exact) mass is 410 g/mol. The van der Waals surface area contributed by atoms with Crippen molar-refractivity contribution in [3.63, 3.8) is 0 Å². The van der Waals surface area contributed by atoms with Gasteiger partial charge in [-0.2, -0.15) is 0 Å².